The van der Waals surface area contributed by atoms with E-state index in [-0.39, 0.29) is 64.4 Å². The van der Waals surface area contributed by atoms with Crippen molar-refractivity contribution < 1.29 is 82.1 Å². The van der Waals surface area contributed by atoms with Gasteiger partial charge in [0.2, 0.25) is 22.6 Å². The number of carboxylic acid groups (broad SMARTS) is 2. The van der Waals surface area contributed by atoms with Crippen LogP contribution in [-0.4, -0.2) is 266 Å². The second kappa shape index (κ2) is 65.3. The molecule has 2 fully saturated rings. The van der Waals surface area contributed by atoms with Gasteiger partial charge in [-0.2, -0.15) is 35.6 Å². The number of aliphatic carboxylic acids is 2. The topological polar surface area (TPSA) is 723 Å². The maximum Gasteiger partial charge on any atom is 0.339 e. The van der Waals surface area contributed by atoms with Gasteiger partial charge < -0.3 is 92.9 Å². The number of nitrogens with zero attached hydrogens (tertiary/aromatic N) is 20. The summed E-state index contributed by atoms with van der Waals surface area (Å²) in [5.41, 5.74) is 35.0. The number of carboxylic acids is 2. The minimum absolute atomic E-state index is 0.0914. The van der Waals surface area contributed by atoms with Crippen LogP contribution in [0.15, 0.2) is 46.2 Å². The number of aromatic amines is 3. The molecule has 18 N–H and O–H groups in total. The van der Waals surface area contributed by atoms with E-state index in [9.17, 15) is 63.5 Å². The average molecular weight is 2140 g/mol. The third kappa shape index (κ3) is 40.5. The van der Waals surface area contributed by atoms with Crippen molar-refractivity contribution in [2.24, 2.45) is 29.0 Å². The van der Waals surface area contributed by atoms with Gasteiger partial charge >= 0.3 is 34.2 Å². The lowest BCUT2D eigenvalue weighted by molar-refractivity contribution is -0.386. The van der Waals surface area contributed by atoms with E-state index in [1.165, 1.54) is 9.36 Å². The monoisotopic (exact) mass is 2140 g/mol. The summed E-state index contributed by atoms with van der Waals surface area (Å²) in [5, 5.41) is 78.9. The molecule has 0 aromatic carbocycles. The number of H-pyrrole nitrogens is 3. The Morgan fingerprint density at radius 1 is 0.535 bits per heavy atom. The van der Waals surface area contributed by atoms with Crippen molar-refractivity contribution in [2.45, 2.75) is 194 Å². The molecule has 11 aromatic rings. The number of aryl methyl sites for hydroxylation is 8. The summed E-state index contributed by atoms with van der Waals surface area (Å²) in [6.07, 6.45) is 9.77. The highest BCUT2D eigenvalue weighted by Crippen LogP contribution is 2.61. The second-order valence-corrected chi connectivity index (χ2v) is 37.8. The smallest absolute Gasteiger partial charge is 0.339 e. The molecule has 2 aliphatic heterocycles. The van der Waals surface area contributed by atoms with E-state index in [0.717, 1.165) is 83.4 Å². The minimum atomic E-state index is -3.22. The number of nitrogens with one attached hydrogen (secondary N) is 5. The number of hydrogen-bond acceptors (Lipinski definition) is 36. The number of pyridine rings is 2. The first kappa shape index (κ1) is 124. The number of anilines is 5. The van der Waals surface area contributed by atoms with Crippen molar-refractivity contribution in [2.75, 3.05) is 134 Å². The Morgan fingerprint density at radius 2 is 0.965 bits per heavy atom. The number of nitrogens with two attached hydrogens (primary N) is 5. The molecule has 0 atom stereocenters. The number of carbonyl (C=O) groups excluding carboxylic acids is 3. The SMILES string of the molecule is CCOCCO.CCOCCn1nc(CC)c(N)c1C(N)=O.CCOCCn1nc(CC)c([N+](=O)[O-])c1C(N)=O.CCOCCn1nc(CC)c2[nH]c(=O)[nH]c(=O)c21.CCOCCn1nc(CC)c2nc(Cl)nc(Cl)c21.CCOCCn1nc(CC)c2nc(N3CCC(C(=O)O)CC3)nc(Nc3cc(C)ccn3)c21.CCc1[nH]nc(C(N)=O)c1[N+](=O)[O-].Cc1ccnc(N)c1.O=C(O)C1CCNCC1.O=P(Cl)(Cl)Cl. The number of hydrogen-bond donors (Lipinski definition) is 13. The normalized spacial score (nSPS) is 12.2. The fraction of sp³-hybridized carbons (Fsp3) is 0.552. The van der Waals surface area contributed by atoms with E-state index < -0.39 is 56.0 Å². The van der Waals surface area contributed by atoms with Crippen molar-refractivity contribution in [1.82, 2.24) is 104 Å². The number of rotatable bonds is 39. The fourth-order valence-electron chi connectivity index (χ4n) is 13.7. The van der Waals surface area contributed by atoms with Crippen molar-refractivity contribution in [3.05, 3.63) is 151 Å². The van der Waals surface area contributed by atoms with Crippen LogP contribution < -0.4 is 55.5 Å². The van der Waals surface area contributed by atoms with Gasteiger partial charge in [-0.05, 0) is 213 Å². The van der Waals surface area contributed by atoms with Gasteiger partial charge in [-0.25, -0.2) is 29.7 Å². The van der Waals surface area contributed by atoms with Gasteiger partial charge in [0.1, 0.15) is 50.8 Å². The highest BCUT2D eigenvalue weighted by molar-refractivity contribution is 8.24. The van der Waals surface area contributed by atoms with E-state index in [1.807, 2.05) is 105 Å². The number of ether oxygens (including phenoxy) is 6. The number of halogens is 5. The van der Waals surface area contributed by atoms with Gasteiger partial charge in [-0.1, -0.05) is 53.1 Å². The number of amides is 3. The van der Waals surface area contributed by atoms with Crippen LogP contribution in [0.5, 0.6) is 0 Å². The van der Waals surface area contributed by atoms with Crippen LogP contribution in [0.25, 0.3) is 33.1 Å². The molecule has 0 spiro atoms. The molecular weight excluding hydrogens is 2010 g/mol. The van der Waals surface area contributed by atoms with E-state index in [2.05, 4.69) is 117 Å². The molecule has 2 saturated heterocycles. The molecular formula is C87H132Cl5N30O21P. The zero-order valence-corrected chi connectivity index (χ0v) is 87.8. The van der Waals surface area contributed by atoms with Crippen LogP contribution in [0.2, 0.25) is 10.4 Å². The molecule has 51 nitrogen and oxygen atoms in total. The summed E-state index contributed by atoms with van der Waals surface area (Å²) < 4.78 is 48.7. The number of nitrogen functional groups attached to an aromatic ring is 2. The van der Waals surface area contributed by atoms with Gasteiger partial charge in [-0.15, -0.1) is 0 Å². The Bertz CT molecular complexity index is 6040. The molecule has 2 aliphatic rings. The van der Waals surface area contributed by atoms with Crippen LogP contribution >= 0.6 is 62.1 Å². The number of aliphatic hydroxyl groups is 1. The van der Waals surface area contributed by atoms with Crippen molar-refractivity contribution >= 4 is 165 Å². The summed E-state index contributed by atoms with van der Waals surface area (Å²) in [6, 6.07) is 7.66. The number of primary amides is 3. The lowest BCUT2D eigenvalue weighted by Gasteiger charge is -2.30. The van der Waals surface area contributed by atoms with Gasteiger partial charge in [0.15, 0.2) is 16.5 Å². The summed E-state index contributed by atoms with van der Waals surface area (Å²) in [4.78, 5) is 131. The van der Waals surface area contributed by atoms with Gasteiger partial charge in [0.25, 0.3) is 23.3 Å². The number of carbonyl (C=O) groups is 5. The Kier molecular flexibility index (Phi) is 56.3. The van der Waals surface area contributed by atoms with Crippen LogP contribution in [0.4, 0.5) is 40.5 Å². The molecule has 3 amide bonds. The zero-order valence-electron chi connectivity index (χ0n) is 83.1. The third-order valence-corrected chi connectivity index (χ3v) is 21.0. The molecule has 0 saturated carbocycles. The number of piperidine rings is 2. The average Bonchev–Trinajstić information content (AvgIpc) is 1.63. The summed E-state index contributed by atoms with van der Waals surface area (Å²) in [5.74, 6) is -1.59. The molecule has 0 radical (unpaired) electrons. The first-order valence-corrected chi connectivity index (χ1v) is 51.6. The summed E-state index contributed by atoms with van der Waals surface area (Å²) >= 11 is 25.8. The van der Waals surface area contributed by atoms with E-state index in [0.29, 0.717) is 219 Å². The summed E-state index contributed by atoms with van der Waals surface area (Å²) in [7, 11) is 0. The standard InChI is InChI=1S/C23H31N7O3.C11H14Cl2N4O.C11H16N4O3.C10H16N4O4.C10H18N4O2.C6H8N4O3.C6H8N2.C6H11NO2.C4H10O2.Cl3OP/c1-4-17-19-20(30(28-17)12-13-33-5-2)21(25-18-14-15(3)6-9-24-18)27-23(26-19)29-10-7-16(8-11-29)22(31)32;1-3-7-8-9(10(12)15-11(13)14-8)17(16-7)5-6-18-4-2;1-3-7-8-9(10(16)13-11(17)12-8)15(14-7)5-6-18-4-2;1-3-7-8(14(16)17)9(10(11)15)13(12-7)5-6-18-4-2;1-3-7-8(11)9(10(12)15)14(13-7)5-6-16-4-2;1-2-3-5(10(12)13)4(6(7)11)9-8-3;1-5-2-3-8-6(7)4-5;8-6(9)5-1-3-7-4-2-5;1-2-6-4-3-5;1-5(2,3)4/h6,9,14,16H,4-5,7-8,10-13H2,1-3H3,(H,31,32)(H,24,25,26,27);3-6H2,1-2H3;3-6H2,1-2H3,(H2,12,13,16,17);3-6H2,1-2H3,(H2,11,15);3-6,11H2,1-2H3,(H2,12,15);2H2,1H3,(H2,7,11)(H,8,9);2-4H,1H3,(H2,7,8);5,7H,1-4H2,(H,8,9);5H,2-4H2,1H3;. The first-order valence-electron chi connectivity index (χ1n) is 46.4. The molecule has 0 unspecified atom stereocenters. The first-order chi connectivity index (χ1) is 68.5. The van der Waals surface area contributed by atoms with Crippen LogP contribution in [-0.2, 0) is 114 Å². The summed E-state index contributed by atoms with van der Waals surface area (Å²) in [6.45, 7) is 39.0. The lowest BCUT2D eigenvalue weighted by Crippen LogP contribution is -2.37. The van der Waals surface area contributed by atoms with Gasteiger partial charge in [0, 0.05) is 65.1 Å². The minimum Gasteiger partial charge on any atom is -0.481 e. The second-order valence-electron chi connectivity index (χ2n) is 30.5. The van der Waals surface area contributed by atoms with Gasteiger partial charge in [-0.3, -0.25) is 87.1 Å². The maximum absolute atomic E-state index is 11.8. The van der Waals surface area contributed by atoms with Crippen LogP contribution in [0.1, 0.15) is 186 Å². The van der Waals surface area contributed by atoms with Crippen LogP contribution in [0.3, 0.4) is 0 Å². The Labute approximate surface area is 854 Å². The van der Waals surface area contributed by atoms with Crippen LogP contribution in [0, 0.1) is 45.9 Å². The molecule has 57 heteroatoms. The fourth-order valence-corrected chi connectivity index (χ4v) is 14.2. The quantitative estimate of drug-likeness (QED) is 0.00425. The third-order valence-electron chi connectivity index (χ3n) is 20.5. The Balaban J connectivity index is 0.000000348. The molecule has 13 heterocycles. The largest absolute Gasteiger partial charge is 0.481 e. The molecule has 13 rings (SSSR count). The Hall–Kier alpha value is -12.1. The van der Waals surface area contributed by atoms with Gasteiger partial charge in [0.05, 0.1) is 135 Å². The van der Waals surface area contributed by atoms with E-state index in [4.69, 9.17) is 106 Å². The highest BCUT2D eigenvalue weighted by Gasteiger charge is 2.33. The van der Waals surface area contributed by atoms with Crippen molar-refractivity contribution in [3.63, 3.8) is 0 Å². The molecule has 0 bridgehead atoms. The highest BCUT2D eigenvalue weighted by atomic mass is 36.0. The zero-order chi connectivity index (χ0) is 107. The lowest BCUT2D eigenvalue weighted by atomic mass is 9.97. The van der Waals surface area contributed by atoms with E-state index >= 15 is 0 Å². The number of aliphatic hydroxyl groups excluding tert-OH is 1. The Morgan fingerprint density at radius 3 is 1.38 bits per heavy atom. The molecule has 796 valence electrons. The van der Waals surface area contributed by atoms with Crippen molar-refractivity contribution in [3.8, 4) is 0 Å². The van der Waals surface area contributed by atoms with Crippen molar-refractivity contribution in [1.29, 1.82) is 0 Å². The number of aromatic nitrogens is 20. The predicted octanol–water partition coefficient (Wildman–Crippen LogP) is 10.4. The molecule has 11 aromatic heterocycles. The number of fused-ring (bicyclic) bond motifs is 3. The van der Waals surface area contributed by atoms with E-state index in [1.54, 1.807) is 35.6 Å². The number of nitro groups is 2. The maximum atomic E-state index is 11.8. The molecule has 0 aliphatic carbocycles. The predicted molar refractivity (Wildman–Crippen MR) is 547 cm³/mol. The molecule has 144 heavy (non-hydrogen) atoms.